The standard InChI is InChI=1S/C12H12N2O3/c15-11(7-1-2-7)17-12(16)8-3-5-13-9-4-6-14-10(8)9/h3-7,11,14-15H,1-2H2. The van der Waals surface area contributed by atoms with E-state index in [1.54, 1.807) is 24.5 Å². The van der Waals surface area contributed by atoms with Gasteiger partial charge in [0.05, 0.1) is 16.6 Å². The molecule has 5 nitrogen and oxygen atoms in total. The highest BCUT2D eigenvalue weighted by molar-refractivity contribution is 6.01. The van der Waals surface area contributed by atoms with Crippen molar-refractivity contribution in [2.75, 3.05) is 0 Å². The molecule has 1 saturated carbocycles. The number of hydrogen-bond donors (Lipinski definition) is 2. The number of pyridine rings is 1. The lowest BCUT2D eigenvalue weighted by atomic mass is 10.2. The van der Waals surface area contributed by atoms with E-state index in [2.05, 4.69) is 9.97 Å². The fourth-order valence-corrected chi connectivity index (χ4v) is 1.78. The molecule has 1 atom stereocenters. The minimum atomic E-state index is -0.985. The molecule has 2 N–H and O–H groups in total. The van der Waals surface area contributed by atoms with Crippen LogP contribution in [-0.4, -0.2) is 27.3 Å². The second kappa shape index (κ2) is 3.85. The van der Waals surface area contributed by atoms with Crippen LogP contribution in [0.1, 0.15) is 23.2 Å². The number of H-pyrrole nitrogens is 1. The topological polar surface area (TPSA) is 75.2 Å². The Morgan fingerprint density at radius 1 is 1.53 bits per heavy atom. The Bertz CT molecular complexity index is 560. The van der Waals surface area contributed by atoms with Gasteiger partial charge in [-0.05, 0) is 25.0 Å². The summed E-state index contributed by atoms with van der Waals surface area (Å²) in [6.07, 6.45) is 4.12. The number of ether oxygens (including phenoxy) is 1. The number of esters is 1. The van der Waals surface area contributed by atoms with E-state index in [4.69, 9.17) is 4.74 Å². The largest absolute Gasteiger partial charge is 0.432 e. The molecule has 0 spiro atoms. The predicted octanol–water partition coefficient (Wildman–Crippen LogP) is 1.45. The summed E-state index contributed by atoms with van der Waals surface area (Å²) in [7, 11) is 0. The average Bonchev–Trinajstić information content (AvgIpc) is 3.06. The number of rotatable bonds is 3. The number of aromatic nitrogens is 2. The van der Waals surface area contributed by atoms with E-state index in [-0.39, 0.29) is 5.92 Å². The number of fused-ring (bicyclic) bond motifs is 1. The van der Waals surface area contributed by atoms with Crippen molar-refractivity contribution >= 4 is 17.0 Å². The van der Waals surface area contributed by atoms with Gasteiger partial charge in [-0.1, -0.05) is 0 Å². The lowest BCUT2D eigenvalue weighted by Gasteiger charge is -2.11. The molecule has 2 heterocycles. The maximum absolute atomic E-state index is 11.9. The van der Waals surface area contributed by atoms with Crippen LogP contribution < -0.4 is 0 Å². The van der Waals surface area contributed by atoms with Gasteiger partial charge in [-0.2, -0.15) is 0 Å². The van der Waals surface area contributed by atoms with Crippen LogP contribution in [0.15, 0.2) is 24.5 Å². The number of carbonyl (C=O) groups excluding carboxylic acids is 1. The van der Waals surface area contributed by atoms with Crippen LogP contribution in [0.2, 0.25) is 0 Å². The molecule has 3 rings (SSSR count). The molecule has 0 saturated heterocycles. The number of aromatic amines is 1. The molecule has 2 aromatic heterocycles. The van der Waals surface area contributed by atoms with Crippen LogP contribution in [0, 0.1) is 5.92 Å². The smallest absolute Gasteiger partial charge is 0.342 e. The summed E-state index contributed by atoms with van der Waals surface area (Å²) in [6.45, 7) is 0. The highest BCUT2D eigenvalue weighted by atomic mass is 16.6. The molecule has 88 valence electrons. The van der Waals surface area contributed by atoms with Crippen molar-refractivity contribution in [1.82, 2.24) is 9.97 Å². The molecule has 5 heteroatoms. The third kappa shape index (κ3) is 1.89. The number of nitrogens with one attached hydrogen (secondary N) is 1. The van der Waals surface area contributed by atoms with Gasteiger partial charge in [-0.15, -0.1) is 0 Å². The van der Waals surface area contributed by atoms with Crippen molar-refractivity contribution in [1.29, 1.82) is 0 Å². The SMILES string of the molecule is O=C(OC(O)C1CC1)c1ccnc2cc[nH]c12. The fourth-order valence-electron chi connectivity index (χ4n) is 1.78. The van der Waals surface area contributed by atoms with Gasteiger partial charge in [0.2, 0.25) is 6.29 Å². The van der Waals surface area contributed by atoms with Crippen molar-refractivity contribution < 1.29 is 14.6 Å². The Morgan fingerprint density at radius 3 is 3.12 bits per heavy atom. The van der Waals surface area contributed by atoms with Gasteiger partial charge >= 0.3 is 5.97 Å². The quantitative estimate of drug-likeness (QED) is 0.620. The maximum atomic E-state index is 11.9. The number of nitrogens with zero attached hydrogens (tertiary/aromatic N) is 1. The monoisotopic (exact) mass is 232 g/mol. The van der Waals surface area contributed by atoms with E-state index in [0.29, 0.717) is 16.6 Å². The maximum Gasteiger partial charge on any atom is 0.342 e. The van der Waals surface area contributed by atoms with Crippen LogP contribution in [-0.2, 0) is 4.74 Å². The van der Waals surface area contributed by atoms with Gasteiger partial charge in [0.1, 0.15) is 0 Å². The molecule has 1 aliphatic carbocycles. The highest BCUT2D eigenvalue weighted by Gasteiger charge is 2.33. The molecule has 0 amide bonds. The normalized spacial score (nSPS) is 17.0. The number of aliphatic hydroxyl groups excluding tert-OH is 1. The predicted molar refractivity (Wildman–Crippen MR) is 60.2 cm³/mol. The second-order valence-electron chi connectivity index (χ2n) is 4.23. The van der Waals surface area contributed by atoms with E-state index in [1.807, 2.05) is 0 Å². The summed E-state index contributed by atoms with van der Waals surface area (Å²) in [5.41, 5.74) is 1.75. The molecule has 2 aromatic rings. The Kier molecular flexibility index (Phi) is 2.33. The lowest BCUT2D eigenvalue weighted by molar-refractivity contribution is -0.0768. The zero-order valence-electron chi connectivity index (χ0n) is 9.09. The number of hydrogen-bond acceptors (Lipinski definition) is 4. The first-order chi connectivity index (χ1) is 8.25. The number of carbonyl (C=O) groups is 1. The number of aliphatic hydroxyl groups is 1. The van der Waals surface area contributed by atoms with Crippen molar-refractivity contribution in [3.8, 4) is 0 Å². The van der Waals surface area contributed by atoms with E-state index in [0.717, 1.165) is 12.8 Å². The van der Waals surface area contributed by atoms with E-state index in [9.17, 15) is 9.90 Å². The van der Waals surface area contributed by atoms with Crippen LogP contribution in [0.4, 0.5) is 0 Å². The van der Waals surface area contributed by atoms with Crippen molar-refractivity contribution in [2.45, 2.75) is 19.1 Å². The van der Waals surface area contributed by atoms with Gasteiger partial charge in [0, 0.05) is 18.3 Å². The third-order valence-corrected chi connectivity index (χ3v) is 2.92. The Hall–Kier alpha value is -1.88. The van der Waals surface area contributed by atoms with Gasteiger partial charge in [-0.3, -0.25) is 4.98 Å². The van der Waals surface area contributed by atoms with Gasteiger partial charge in [0.25, 0.3) is 0 Å². The molecular formula is C12H12N2O3. The van der Waals surface area contributed by atoms with Crippen molar-refractivity contribution in [2.24, 2.45) is 5.92 Å². The minimum absolute atomic E-state index is 0.111. The zero-order valence-corrected chi connectivity index (χ0v) is 9.09. The van der Waals surface area contributed by atoms with E-state index in [1.165, 1.54) is 0 Å². The van der Waals surface area contributed by atoms with E-state index < -0.39 is 12.3 Å². The van der Waals surface area contributed by atoms with Gasteiger partial charge < -0.3 is 14.8 Å². The van der Waals surface area contributed by atoms with Gasteiger partial charge in [-0.25, -0.2) is 4.79 Å². The first kappa shape index (κ1) is 10.3. The van der Waals surface area contributed by atoms with Gasteiger partial charge in [0.15, 0.2) is 0 Å². The average molecular weight is 232 g/mol. The molecule has 0 aromatic carbocycles. The summed E-state index contributed by atoms with van der Waals surface area (Å²) < 4.78 is 5.01. The summed E-state index contributed by atoms with van der Waals surface area (Å²) >= 11 is 0. The van der Waals surface area contributed by atoms with Crippen molar-refractivity contribution in [3.05, 3.63) is 30.1 Å². The molecule has 1 unspecified atom stereocenters. The molecule has 1 fully saturated rings. The summed E-state index contributed by atoms with van der Waals surface area (Å²) in [6, 6.07) is 3.37. The molecule has 17 heavy (non-hydrogen) atoms. The summed E-state index contributed by atoms with van der Waals surface area (Å²) in [4.78, 5) is 18.9. The highest BCUT2D eigenvalue weighted by Crippen LogP contribution is 2.33. The van der Waals surface area contributed by atoms with Crippen LogP contribution in [0.3, 0.4) is 0 Å². The van der Waals surface area contributed by atoms with Crippen LogP contribution >= 0.6 is 0 Å². The van der Waals surface area contributed by atoms with E-state index >= 15 is 0 Å². The molecular weight excluding hydrogens is 220 g/mol. The first-order valence-corrected chi connectivity index (χ1v) is 5.57. The Labute approximate surface area is 97.4 Å². The molecule has 0 bridgehead atoms. The lowest BCUT2D eigenvalue weighted by Crippen LogP contribution is -2.19. The zero-order chi connectivity index (χ0) is 11.8. The summed E-state index contributed by atoms with van der Waals surface area (Å²) in [5.74, 6) is -0.404. The minimum Gasteiger partial charge on any atom is -0.432 e. The molecule has 0 aliphatic heterocycles. The third-order valence-electron chi connectivity index (χ3n) is 2.92. The fraction of sp³-hybridized carbons (Fsp3) is 0.333. The van der Waals surface area contributed by atoms with Crippen LogP contribution in [0.25, 0.3) is 11.0 Å². The second-order valence-corrected chi connectivity index (χ2v) is 4.23. The van der Waals surface area contributed by atoms with Crippen LogP contribution in [0.5, 0.6) is 0 Å². The Balaban J connectivity index is 1.86. The summed E-state index contributed by atoms with van der Waals surface area (Å²) in [5, 5.41) is 9.57. The Morgan fingerprint density at radius 2 is 2.35 bits per heavy atom. The first-order valence-electron chi connectivity index (χ1n) is 5.57. The molecule has 0 radical (unpaired) electrons. The molecule has 1 aliphatic rings. The van der Waals surface area contributed by atoms with Crippen molar-refractivity contribution in [3.63, 3.8) is 0 Å².